The number of carbonyl (C=O) groups excluding carboxylic acids is 2. The van der Waals surface area contributed by atoms with Crippen molar-refractivity contribution < 1.29 is 14.3 Å². The van der Waals surface area contributed by atoms with Crippen molar-refractivity contribution in [3.05, 3.63) is 35.4 Å². The van der Waals surface area contributed by atoms with Gasteiger partial charge in [0.1, 0.15) is 6.10 Å². The molecule has 4 heteroatoms. The first-order valence-corrected chi connectivity index (χ1v) is 8.20. The Kier molecular flexibility index (Phi) is 3.21. The van der Waals surface area contributed by atoms with Crippen LogP contribution in [-0.2, 0) is 9.53 Å². The van der Waals surface area contributed by atoms with Crippen molar-refractivity contribution in [3.63, 3.8) is 0 Å². The Balaban J connectivity index is 1.47. The molecule has 1 aromatic carbocycles. The van der Waals surface area contributed by atoms with Crippen molar-refractivity contribution in [3.8, 4) is 0 Å². The maximum Gasteiger partial charge on any atom is 0.339 e. The lowest BCUT2D eigenvalue weighted by molar-refractivity contribution is -0.135. The molecule has 0 N–H and O–H groups in total. The molecule has 116 valence electrons. The molecule has 1 atom stereocenters. The summed E-state index contributed by atoms with van der Waals surface area (Å²) in [5, 5.41) is 0. The molecule has 0 bridgehead atoms. The van der Waals surface area contributed by atoms with Crippen LogP contribution in [0.4, 0.5) is 0 Å². The Labute approximate surface area is 130 Å². The fourth-order valence-electron chi connectivity index (χ4n) is 3.73. The second-order valence-corrected chi connectivity index (χ2v) is 6.86. The lowest BCUT2D eigenvalue weighted by Crippen LogP contribution is -2.40. The van der Waals surface area contributed by atoms with Crippen LogP contribution >= 0.6 is 0 Å². The van der Waals surface area contributed by atoms with Gasteiger partial charge < -0.3 is 9.64 Å². The summed E-state index contributed by atoms with van der Waals surface area (Å²) in [5.74, 6) is 1.18. The molecule has 2 fully saturated rings. The van der Waals surface area contributed by atoms with Crippen LogP contribution in [0.1, 0.15) is 54.1 Å². The van der Waals surface area contributed by atoms with Crippen LogP contribution < -0.4 is 0 Å². The van der Waals surface area contributed by atoms with E-state index in [4.69, 9.17) is 4.74 Å². The van der Waals surface area contributed by atoms with Gasteiger partial charge in [-0.2, -0.15) is 0 Å². The van der Waals surface area contributed by atoms with Crippen molar-refractivity contribution in [2.45, 2.75) is 44.2 Å². The van der Waals surface area contributed by atoms with Gasteiger partial charge >= 0.3 is 5.97 Å². The number of hydrogen-bond acceptors (Lipinski definition) is 3. The molecule has 0 spiro atoms. The van der Waals surface area contributed by atoms with Crippen LogP contribution in [0.25, 0.3) is 0 Å². The first-order valence-electron chi connectivity index (χ1n) is 8.20. The molecule has 4 rings (SSSR count). The fraction of sp³-hybridized carbons (Fsp3) is 0.556. The Hall–Kier alpha value is -1.84. The summed E-state index contributed by atoms with van der Waals surface area (Å²) in [6.45, 7) is 0. The van der Waals surface area contributed by atoms with Crippen LogP contribution in [-0.4, -0.2) is 29.9 Å². The summed E-state index contributed by atoms with van der Waals surface area (Å²) in [4.78, 5) is 26.4. The summed E-state index contributed by atoms with van der Waals surface area (Å²) in [7, 11) is 1.92. The Morgan fingerprint density at radius 3 is 2.50 bits per heavy atom. The number of fused-ring (bicyclic) bond motifs is 1. The summed E-state index contributed by atoms with van der Waals surface area (Å²) in [6.07, 6.45) is 4.84. The van der Waals surface area contributed by atoms with Crippen LogP contribution in [0.2, 0.25) is 0 Å². The van der Waals surface area contributed by atoms with E-state index in [2.05, 4.69) is 0 Å². The van der Waals surface area contributed by atoms with Gasteiger partial charge in [0, 0.05) is 18.7 Å². The third-order valence-corrected chi connectivity index (χ3v) is 5.19. The van der Waals surface area contributed by atoms with Gasteiger partial charge in [0.2, 0.25) is 5.91 Å². The summed E-state index contributed by atoms with van der Waals surface area (Å²) < 4.78 is 5.40. The van der Waals surface area contributed by atoms with E-state index in [1.807, 2.05) is 30.1 Å². The van der Waals surface area contributed by atoms with E-state index >= 15 is 0 Å². The number of carbonyl (C=O) groups is 2. The first-order chi connectivity index (χ1) is 10.6. The van der Waals surface area contributed by atoms with E-state index in [0.29, 0.717) is 23.4 Å². The molecule has 3 aliphatic rings. The van der Waals surface area contributed by atoms with Crippen LogP contribution in [0.15, 0.2) is 24.3 Å². The Bertz CT molecular complexity index is 607. The molecule has 0 unspecified atom stereocenters. The van der Waals surface area contributed by atoms with Crippen LogP contribution in [0, 0.1) is 11.8 Å². The minimum absolute atomic E-state index is 0.0957. The Morgan fingerprint density at radius 2 is 1.86 bits per heavy atom. The smallest absolute Gasteiger partial charge is 0.339 e. The molecule has 22 heavy (non-hydrogen) atoms. The van der Waals surface area contributed by atoms with Crippen LogP contribution in [0.3, 0.4) is 0 Å². The number of ether oxygens (including phenoxy) is 1. The Morgan fingerprint density at radius 1 is 1.23 bits per heavy atom. The van der Waals surface area contributed by atoms with E-state index < -0.39 is 6.10 Å². The second kappa shape index (κ2) is 5.11. The van der Waals surface area contributed by atoms with E-state index in [1.165, 1.54) is 25.7 Å². The number of nitrogens with zero attached hydrogens (tertiary/aromatic N) is 1. The molecule has 2 saturated carbocycles. The summed E-state index contributed by atoms with van der Waals surface area (Å²) in [5.41, 5.74) is 1.45. The van der Waals surface area contributed by atoms with E-state index in [0.717, 1.165) is 5.56 Å². The summed E-state index contributed by atoms with van der Waals surface area (Å²) >= 11 is 0. The van der Waals surface area contributed by atoms with Gasteiger partial charge in [-0.05, 0) is 43.6 Å². The number of amides is 1. The van der Waals surface area contributed by atoms with Crippen molar-refractivity contribution in [2.24, 2.45) is 11.8 Å². The predicted octanol–water partition coefficient (Wildman–Crippen LogP) is 2.94. The quantitative estimate of drug-likeness (QED) is 0.785. The zero-order valence-corrected chi connectivity index (χ0v) is 12.8. The average Bonchev–Trinajstić information content (AvgIpc) is 3.42. The molecular formula is C18H21NO3. The lowest BCUT2D eigenvalue weighted by Gasteiger charge is -2.29. The predicted molar refractivity (Wildman–Crippen MR) is 81.2 cm³/mol. The van der Waals surface area contributed by atoms with Gasteiger partial charge in [0.15, 0.2) is 0 Å². The van der Waals surface area contributed by atoms with Crippen molar-refractivity contribution in [1.82, 2.24) is 4.90 Å². The molecule has 4 nitrogen and oxygen atoms in total. The molecule has 1 aromatic rings. The topological polar surface area (TPSA) is 46.6 Å². The molecule has 1 aliphatic heterocycles. The minimum atomic E-state index is -0.419. The molecule has 2 aliphatic carbocycles. The lowest BCUT2D eigenvalue weighted by atomic mass is 10.0. The molecule has 0 radical (unpaired) electrons. The van der Waals surface area contributed by atoms with Crippen LogP contribution in [0.5, 0.6) is 0 Å². The fourth-order valence-corrected chi connectivity index (χ4v) is 3.73. The van der Waals surface area contributed by atoms with Gasteiger partial charge in [-0.3, -0.25) is 4.79 Å². The SMILES string of the molecule is CN(C(=O)C[C@@H]1OC(=O)c2ccccc21)C(C1CC1)C1CC1. The average molecular weight is 299 g/mol. The minimum Gasteiger partial charge on any atom is -0.453 e. The maximum absolute atomic E-state index is 12.7. The van der Waals surface area contributed by atoms with E-state index in [9.17, 15) is 9.59 Å². The van der Waals surface area contributed by atoms with Crippen molar-refractivity contribution in [2.75, 3.05) is 7.05 Å². The van der Waals surface area contributed by atoms with Crippen molar-refractivity contribution in [1.29, 1.82) is 0 Å². The first kappa shape index (κ1) is 13.8. The van der Waals surface area contributed by atoms with Gasteiger partial charge in [-0.25, -0.2) is 4.79 Å². The highest BCUT2D eigenvalue weighted by atomic mass is 16.5. The number of hydrogen-bond donors (Lipinski definition) is 0. The standard InChI is InChI=1S/C18H21NO3/c1-19(17(11-6-7-11)12-8-9-12)16(20)10-15-13-4-2-3-5-14(13)18(21)22-15/h2-5,11-12,15,17H,6-10H2,1H3/t15-/m0/s1. The third kappa shape index (κ3) is 2.40. The van der Waals surface area contributed by atoms with Gasteiger partial charge in [0.25, 0.3) is 0 Å². The number of benzene rings is 1. The largest absolute Gasteiger partial charge is 0.453 e. The molecule has 0 aromatic heterocycles. The molecular weight excluding hydrogens is 278 g/mol. The van der Waals surface area contributed by atoms with Gasteiger partial charge in [0.05, 0.1) is 12.0 Å². The normalized spacial score (nSPS) is 23.4. The van der Waals surface area contributed by atoms with Crippen molar-refractivity contribution >= 4 is 11.9 Å². The maximum atomic E-state index is 12.7. The highest BCUT2D eigenvalue weighted by Crippen LogP contribution is 2.47. The molecule has 1 heterocycles. The number of esters is 1. The zero-order valence-electron chi connectivity index (χ0n) is 12.8. The van der Waals surface area contributed by atoms with E-state index in [-0.39, 0.29) is 18.3 Å². The van der Waals surface area contributed by atoms with Gasteiger partial charge in [-0.15, -0.1) is 0 Å². The zero-order chi connectivity index (χ0) is 15.3. The second-order valence-electron chi connectivity index (χ2n) is 6.86. The number of rotatable bonds is 5. The monoisotopic (exact) mass is 299 g/mol. The molecule has 1 amide bonds. The van der Waals surface area contributed by atoms with Gasteiger partial charge in [-0.1, -0.05) is 18.2 Å². The van der Waals surface area contributed by atoms with E-state index in [1.54, 1.807) is 6.07 Å². The third-order valence-electron chi connectivity index (χ3n) is 5.19. The number of cyclic esters (lactones) is 1. The highest BCUT2D eigenvalue weighted by molar-refractivity contribution is 5.94. The summed E-state index contributed by atoms with van der Waals surface area (Å²) in [6, 6.07) is 7.77. The molecule has 0 saturated heterocycles. The highest BCUT2D eigenvalue weighted by Gasteiger charge is 2.45.